The molecule has 1 unspecified atom stereocenters. The van der Waals surface area contributed by atoms with Gasteiger partial charge in [-0.15, -0.1) is 10.2 Å². The molecule has 0 aliphatic carbocycles. The average molecular weight is 495 g/mol. The van der Waals surface area contributed by atoms with Gasteiger partial charge in [0.25, 0.3) is 5.91 Å². The number of nitrogens with zero attached hydrogens (tertiary/aromatic N) is 3. The summed E-state index contributed by atoms with van der Waals surface area (Å²) < 4.78 is 61.4. The first kappa shape index (κ1) is 24.2. The van der Waals surface area contributed by atoms with Crippen molar-refractivity contribution in [2.75, 3.05) is 18.9 Å². The van der Waals surface area contributed by atoms with Crippen molar-refractivity contribution in [3.8, 4) is 5.69 Å². The van der Waals surface area contributed by atoms with E-state index in [0.29, 0.717) is 23.3 Å². The second-order valence-electron chi connectivity index (χ2n) is 7.68. The number of hydrogen-bond acceptors (Lipinski definition) is 5. The molecule has 1 fully saturated rings. The summed E-state index contributed by atoms with van der Waals surface area (Å²) >= 11 is 1.40. The number of nitrogens with one attached hydrogen (secondary N) is 1. The van der Waals surface area contributed by atoms with Crippen molar-refractivity contribution in [3.05, 3.63) is 71.3 Å². The van der Waals surface area contributed by atoms with E-state index < -0.39 is 29.0 Å². The Hall–Kier alpha value is -2.92. The second-order valence-corrected chi connectivity index (χ2v) is 8.67. The Bertz CT molecular complexity index is 1150. The Labute approximate surface area is 197 Å². The summed E-state index contributed by atoms with van der Waals surface area (Å²) in [5, 5.41) is 11.3. The molecule has 0 bridgehead atoms. The zero-order chi connectivity index (χ0) is 24.1. The molecule has 4 rings (SSSR count). The van der Waals surface area contributed by atoms with Gasteiger partial charge in [-0.25, -0.2) is 4.39 Å². The van der Waals surface area contributed by atoms with Crippen LogP contribution in [0.2, 0.25) is 0 Å². The number of para-hydroxylation sites is 1. The molecule has 11 heteroatoms. The van der Waals surface area contributed by atoms with Gasteiger partial charge >= 0.3 is 6.18 Å². The van der Waals surface area contributed by atoms with Gasteiger partial charge in [-0.2, -0.15) is 13.2 Å². The van der Waals surface area contributed by atoms with E-state index in [-0.39, 0.29) is 24.8 Å². The highest BCUT2D eigenvalue weighted by Crippen LogP contribution is 2.32. The van der Waals surface area contributed by atoms with Crippen LogP contribution >= 0.6 is 11.8 Å². The molecule has 180 valence electrons. The fourth-order valence-electron chi connectivity index (χ4n) is 3.69. The minimum absolute atomic E-state index is 0.00594. The maximum atomic E-state index is 14.6. The number of thioether (sulfide) groups is 1. The van der Waals surface area contributed by atoms with Crippen LogP contribution in [-0.4, -0.2) is 45.7 Å². The standard InChI is InChI=1S/C23H22F4N4O2S/c24-18-9-3-4-10-19(18)31-20(29-30-22(31)34-14-15-6-5-13-33-15)11-12-28-21(32)16-7-1-2-8-17(16)23(25,26)27/h1-4,7-10,15H,5-6,11-14H2,(H,28,32). The molecule has 2 aromatic carbocycles. The molecule has 6 nitrogen and oxygen atoms in total. The summed E-state index contributed by atoms with van der Waals surface area (Å²) in [4.78, 5) is 12.4. The average Bonchev–Trinajstić information content (AvgIpc) is 3.47. The van der Waals surface area contributed by atoms with Crippen LogP contribution in [0.5, 0.6) is 0 Å². The molecule has 1 amide bonds. The van der Waals surface area contributed by atoms with E-state index in [2.05, 4.69) is 15.5 Å². The van der Waals surface area contributed by atoms with Crippen molar-refractivity contribution in [1.29, 1.82) is 0 Å². The van der Waals surface area contributed by atoms with Crippen molar-refractivity contribution in [3.63, 3.8) is 0 Å². The molecule has 3 aromatic rings. The second kappa shape index (κ2) is 10.6. The largest absolute Gasteiger partial charge is 0.417 e. The molecule has 0 radical (unpaired) electrons. The molecule has 1 atom stereocenters. The maximum Gasteiger partial charge on any atom is 0.417 e. The number of carbonyl (C=O) groups is 1. The van der Waals surface area contributed by atoms with E-state index >= 15 is 0 Å². The summed E-state index contributed by atoms with van der Waals surface area (Å²) in [5.74, 6) is -0.301. The Balaban J connectivity index is 1.50. The fraction of sp³-hybridized carbons (Fsp3) is 0.348. The smallest absolute Gasteiger partial charge is 0.377 e. The topological polar surface area (TPSA) is 69.0 Å². The number of halogens is 4. The number of amides is 1. The van der Waals surface area contributed by atoms with E-state index in [1.54, 1.807) is 22.8 Å². The van der Waals surface area contributed by atoms with E-state index in [4.69, 9.17) is 4.74 Å². The Morgan fingerprint density at radius 2 is 1.91 bits per heavy atom. The number of aromatic nitrogens is 3. The van der Waals surface area contributed by atoms with Crippen molar-refractivity contribution < 1.29 is 27.1 Å². The summed E-state index contributed by atoms with van der Waals surface area (Å²) in [6.45, 7) is 0.710. The number of hydrogen-bond donors (Lipinski definition) is 1. The van der Waals surface area contributed by atoms with Gasteiger partial charge in [0.1, 0.15) is 11.6 Å². The first-order valence-electron chi connectivity index (χ1n) is 10.7. The number of benzene rings is 2. The lowest BCUT2D eigenvalue weighted by molar-refractivity contribution is -0.137. The minimum atomic E-state index is -4.64. The monoisotopic (exact) mass is 494 g/mol. The van der Waals surface area contributed by atoms with Crippen molar-refractivity contribution >= 4 is 17.7 Å². The summed E-state index contributed by atoms with van der Waals surface area (Å²) in [5.41, 5.74) is -1.21. The molecular weight excluding hydrogens is 472 g/mol. The molecule has 1 saturated heterocycles. The van der Waals surface area contributed by atoms with Crippen LogP contribution in [0.15, 0.2) is 53.7 Å². The molecule has 2 heterocycles. The van der Waals surface area contributed by atoms with E-state index in [1.807, 2.05) is 0 Å². The van der Waals surface area contributed by atoms with Crippen LogP contribution in [-0.2, 0) is 17.3 Å². The molecule has 0 saturated carbocycles. The Kier molecular flexibility index (Phi) is 7.52. The third-order valence-corrected chi connectivity index (χ3v) is 6.39. The van der Waals surface area contributed by atoms with Crippen LogP contribution in [0.1, 0.15) is 34.6 Å². The molecule has 1 aromatic heterocycles. The van der Waals surface area contributed by atoms with Crippen LogP contribution < -0.4 is 5.32 Å². The molecule has 1 aliphatic heterocycles. The third-order valence-electron chi connectivity index (χ3n) is 5.33. The lowest BCUT2D eigenvalue weighted by Gasteiger charge is -2.14. The molecule has 0 spiro atoms. The van der Waals surface area contributed by atoms with Crippen LogP contribution in [0, 0.1) is 5.82 Å². The lowest BCUT2D eigenvalue weighted by atomic mass is 10.1. The Morgan fingerprint density at radius 1 is 1.15 bits per heavy atom. The maximum absolute atomic E-state index is 14.6. The number of carbonyl (C=O) groups excluding carboxylic acids is 1. The van der Waals surface area contributed by atoms with Crippen molar-refractivity contribution in [2.45, 2.75) is 36.7 Å². The van der Waals surface area contributed by atoms with Gasteiger partial charge in [0, 0.05) is 25.3 Å². The number of ether oxygens (including phenoxy) is 1. The predicted molar refractivity (Wildman–Crippen MR) is 118 cm³/mol. The van der Waals surface area contributed by atoms with Gasteiger partial charge in [0.05, 0.1) is 22.9 Å². The lowest BCUT2D eigenvalue weighted by Crippen LogP contribution is -2.28. The highest BCUT2D eigenvalue weighted by atomic mass is 32.2. The van der Waals surface area contributed by atoms with Crippen LogP contribution in [0.4, 0.5) is 17.6 Å². The SMILES string of the molecule is O=C(NCCc1nnc(SCC2CCCO2)n1-c1ccccc1F)c1ccccc1C(F)(F)F. The van der Waals surface area contributed by atoms with Gasteiger partial charge in [-0.1, -0.05) is 36.0 Å². The van der Waals surface area contributed by atoms with E-state index in [9.17, 15) is 22.4 Å². The third kappa shape index (κ3) is 5.58. The highest BCUT2D eigenvalue weighted by Gasteiger charge is 2.34. The number of rotatable bonds is 8. The van der Waals surface area contributed by atoms with Crippen molar-refractivity contribution in [2.24, 2.45) is 0 Å². The first-order chi connectivity index (χ1) is 16.3. The fourth-order valence-corrected chi connectivity index (χ4v) is 4.71. The molecule has 1 aliphatic rings. The van der Waals surface area contributed by atoms with E-state index in [0.717, 1.165) is 25.0 Å². The zero-order valence-corrected chi connectivity index (χ0v) is 18.8. The van der Waals surface area contributed by atoms with Crippen LogP contribution in [0.25, 0.3) is 5.69 Å². The molecule has 1 N–H and O–H groups in total. The first-order valence-corrected chi connectivity index (χ1v) is 11.7. The van der Waals surface area contributed by atoms with Gasteiger partial charge in [-0.05, 0) is 37.1 Å². The normalized spacial score (nSPS) is 16.1. The summed E-state index contributed by atoms with van der Waals surface area (Å²) in [7, 11) is 0. The minimum Gasteiger partial charge on any atom is -0.377 e. The Morgan fingerprint density at radius 3 is 2.65 bits per heavy atom. The van der Waals surface area contributed by atoms with Crippen LogP contribution in [0.3, 0.4) is 0 Å². The summed E-state index contributed by atoms with van der Waals surface area (Å²) in [6.07, 6.45) is -2.48. The van der Waals surface area contributed by atoms with E-state index in [1.165, 1.54) is 30.0 Å². The van der Waals surface area contributed by atoms with Gasteiger partial charge < -0.3 is 10.1 Å². The highest BCUT2D eigenvalue weighted by molar-refractivity contribution is 7.99. The van der Waals surface area contributed by atoms with Gasteiger partial charge in [0.2, 0.25) is 0 Å². The quantitative estimate of drug-likeness (QED) is 0.364. The summed E-state index contributed by atoms with van der Waals surface area (Å²) in [6, 6.07) is 10.8. The number of alkyl halides is 3. The predicted octanol–water partition coefficient (Wildman–Crippen LogP) is 4.67. The molecular formula is C23H22F4N4O2S. The van der Waals surface area contributed by atoms with Gasteiger partial charge in [-0.3, -0.25) is 9.36 Å². The molecule has 34 heavy (non-hydrogen) atoms. The van der Waals surface area contributed by atoms with Gasteiger partial charge in [0.15, 0.2) is 5.16 Å². The van der Waals surface area contributed by atoms with Crippen molar-refractivity contribution in [1.82, 2.24) is 20.1 Å². The zero-order valence-electron chi connectivity index (χ0n) is 18.0.